The Morgan fingerprint density at radius 2 is 1.64 bits per heavy atom. The average molecular weight is 472 g/mol. The number of pyridine rings is 1. The number of aromatic nitrogens is 1. The Balaban J connectivity index is 1.63. The van der Waals surface area contributed by atoms with Gasteiger partial charge in [0.2, 0.25) is 10.0 Å². The van der Waals surface area contributed by atoms with Crippen LogP contribution in [0.1, 0.15) is 36.8 Å². The maximum absolute atomic E-state index is 13.3. The van der Waals surface area contributed by atoms with Gasteiger partial charge in [-0.2, -0.15) is 4.31 Å². The molecule has 1 saturated heterocycles. The minimum absolute atomic E-state index is 0.362. The Bertz CT molecular complexity index is 1110. The van der Waals surface area contributed by atoms with E-state index in [0.717, 1.165) is 61.1 Å². The minimum atomic E-state index is -3.48. The lowest BCUT2D eigenvalue weighted by atomic mass is 10.2. The highest BCUT2D eigenvalue weighted by Crippen LogP contribution is 2.19. The van der Waals surface area contributed by atoms with Crippen molar-refractivity contribution in [2.75, 3.05) is 40.3 Å². The van der Waals surface area contributed by atoms with Gasteiger partial charge in [-0.25, -0.2) is 8.42 Å². The molecule has 0 aliphatic carbocycles. The van der Waals surface area contributed by atoms with Crippen LogP contribution in [0.15, 0.2) is 59.1 Å². The van der Waals surface area contributed by atoms with Crippen LogP contribution in [-0.4, -0.2) is 62.5 Å². The van der Waals surface area contributed by atoms with Gasteiger partial charge in [-0.1, -0.05) is 25.1 Å². The topological polar surface area (TPSA) is 69.9 Å². The number of rotatable bonds is 6. The second kappa shape index (κ2) is 11.6. The molecule has 33 heavy (non-hydrogen) atoms. The number of aryl methyl sites for hydroxylation is 1. The third-order valence-corrected chi connectivity index (χ3v) is 8.06. The molecule has 180 valence electrons. The maximum Gasteiger partial charge on any atom is 0.243 e. The van der Waals surface area contributed by atoms with E-state index >= 15 is 0 Å². The molecule has 2 aromatic rings. The van der Waals surface area contributed by atoms with Crippen molar-refractivity contribution in [2.45, 2.75) is 37.1 Å². The van der Waals surface area contributed by atoms with Crippen molar-refractivity contribution in [3.05, 3.63) is 65.8 Å². The van der Waals surface area contributed by atoms with E-state index in [0.29, 0.717) is 24.5 Å². The van der Waals surface area contributed by atoms with Crippen LogP contribution in [-0.2, 0) is 23.6 Å². The average Bonchev–Trinajstić information content (AvgIpc) is 2.81. The summed E-state index contributed by atoms with van der Waals surface area (Å²) in [6.45, 7) is 7.87. The van der Waals surface area contributed by atoms with Gasteiger partial charge in [-0.3, -0.25) is 4.99 Å². The zero-order chi connectivity index (χ0) is 23.8. The third-order valence-electron chi connectivity index (χ3n) is 6.15. The van der Waals surface area contributed by atoms with Gasteiger partial charge in [0.1, 0.15) is 5.49 Å². The highest BCUT2D eigenvalue weighted by molar-refractivity contribution is 7.89. The highest BCUT2D eigenvalue weighted by atomic mass is 32.2. The fourth-order valence-corrected chi connectivity index (χ4v) is 5.59. The number of benzene rings is 1. The van der Waals surface area contributed by atoms with E-state index in [4.69, 9.17) is 0 Å². The van der Waals surface area contributed by atoms with E-state index in [9.17, 15) is 8.42 Å². The second-order valence-electron chi connectivity index (χ2n) is 8.71. The summed E-state index contributed by atoms with van der Waals surface area (Å²) in [6, 6.07) is 11.1. The highest BCUT2D eigenvalue weighted by Gasteiger charge is 2.24. The van der Waals surface area contributed by atoms with E-state index in [1.807, 2.05) is 42.1 Å². The standard InChI is InChI=1S/C25H37N5O2S/c1-21(23-11-14-25(26-2)29(4)20-23)27-19-22-9-12-24(13-10-22)33(31,32)30-17-7-5-6-15-28(3)16-8-18-30/h9-14,20,27H,1,5-8,15-19H2,2-4H3. The third kappa shape index (κ3) is 6.79. The van der Waals surface area contributed by atoms with E-state index in [-0.39, 0.29) is 0 Å². The quantitative estimate of drug-likeness (QED) is 0.703. The monoisotopic (exact) mass is 471 g/mol. The Morgan fingerprint density at radius 3 is 2.33 bits per heavy atom. The predicted octanol–water partition coefficient (Wildman–Crippen LogP) is 2.81. The molecule has 0 spiro atoms. The van der Waals surface area contributed by atoms with Crippen molar-refractivity contribution in [2.24, 2.45) is 12.0 Å². The Labute approximate surface area is 198 Å². The summed E-state index contributed by atoms with van der Waals surface area (Å²) in [5, 5.41) is 3.33. The smallest absolute Gasteiger partial charge is 0.243 e. The molecule has 7 nitrogen and oxygen atoms in total. The molecule has 2 heterocycles. The van der Waals surface area contributed by atoms with Gasteiger partial charge < -0.3 is 14.8 Å². The van der Waals surface area contributed by atoms with Crippen molar-refractivity contribution in [1.82, 2.24) is 19.1 Å². The molecule has 0 radical (unpaired) electrons. The molecule has 0 saturated carbocycles. The van der Waals surface area contributed by atoms with Crippen molar-refractivity contribution < 1.29 is 8.42 Å². The summed E-state index contributed by atoms with van der Waals surface area (Å²) in [5.74, 6) is 0. The zero-order valence-corrected chi connectivity index (χ0v) is 20.9. The van der Waals surface area contributed by atoms with Gasteiger partial charge in [0.05, 0.1) is 4.90 Å². The number of nitrogens with one attached hydrogen (secondary N) is 1. The van der Waals surface area contributed by atoms with Gasteiger partial charge >= 0.3 is 0 Å². The van der Waals surface area contributed by atoms with E-state index in [1.54, 1.807) is 23.5 Å². The van der Waals surface area contributed by atoms with Crippen LogP contribution in [0, 0.1) is 0 Å². The molecular weight excluding hydrogens is 434 g/mol. The SMILES string of the molecule is C=C(NCc1ccc(S(=O)(=O)N2CCCCCN(C)CCC2)cc1)c1ccc(=NC)n(C)c1. The van der Waals surface area contributed by atoms with Gasteiger partial charge in [-0.05, 0) is 69.2 Å². The van der Waals surface area contributed by atoms with Crippen LogP contribution < -0.4 is 10.8 Å². The Morgan fingerprint density at radius 1 is 0.970 bits per heavy atom. The normalized spacial score (nSPS) is 17.6. The lowest BCUT2D eigenvalue weighted by Crippen LogP contribution is -2.35. The maximum atomic E-state index is 13.3. The summed E-state index contributed by atoms with van der Waals surface area (Å²) in [4.78, 5) is 6.86. The fraction of sp³-hybridized carbons (Fsp3) is 0.480. The minimum Gasteiger partial charge on any atom is -0.381 e. The van der Waals surface area contributed by atoms with Crippen LogP contribution >= 0.6 is 0 Å². The summed E-state index contributed by atoms with van der Waals surface area (Å²) < 4.78 is 30.1. The zero-order valence-electron chi connectivity index (χ0n) is 20.1. The first-order valence-corrected chi connectivity index (χ1v) is 13.1. The molecule has 3 rings (SSSR count). The molecule has 0 amide bonds. The van der Waals surface area contributed by atoms with Gasteiger partial charge in [-0.15, -0.1) is 0 Å². The van der Waals surface area contributed by atoms with E-state index in [2.05, 4.69) is 28.8 Å². The largest absolute Gasteiger partial charge is 0.381 e. The van der Waals surface area contributed by atoms with Crippen LogP contribution in [0.5, 0.6) is 0 Å². The van der Waals surface area contributed by atoms with E-state index < -0.39 is 10.0 Å². The Hall–Kier alpha value is -2.42. The summed E-state index contributed by atoms with van der Waals surface area (Å²) in [5.41, 5.74) is 3.69. The molecule has 0 unspecified atom stereocenters. The predicted molar refractivity (Wildman–Crippen MR) is 134 cm³/mol. The molecule has 1 fully saturated rings. The van der Waals surface area contributed by atoms with Crippen LogP contribution in [0.25, 0.3) is 5.70 Å². The van der Waals surface area contributed by atoms with Crippen LogP contribution in [0.4, 0.5) is 0 Å². The summed E-state index contributed by atoms with van der Waals surface area (Å²) >= 11 is 0. The molecule has 0 atom stereocenters. The first kappa shape index (κ1) is 25.2. The van der Waals surface area contributed by atoms with Crippen molar-refractivity contribution in [1.29, 1.82) is 0 Å². The Kier molecular flexibility index (Phi) is 8.88. The van der Waals surface area contributed by atoms with Crippen LogP contribution in [0.2, 0.25) is 0 Å². The number of nitrogens with zero attached hydrogens (tertiary/aromatic N) is 4. The second-order valence-corrected chi connectivity index (χ2v) is 10.6. The fourth-order valence-electron chi connectivity index (χ4n) is 4.08. The molecular formula is C25H37N5O2S. The van der Waals surface area contributed by atoms with Gasteiger partial charge in [0, 0.05) is 51.2 Å². The molecule has 1 aliphatic rings. The van der Waals surface area contributed by atoms with Gasteiger partial charge in [0.15, 0.2) is 0 Å². The first-order valence-electron chi connectivity index (χ1n) is 11.6. The lowest BCUT2D eigenvalue weighted by molar-refractivity contribution is 0.283. The molecule has 1 N–H and O–H groups in total. The molecule has 1 aliphatic heterocycles. The number of hydrogen-bond donors (Lipinski definition) is 1. The molecule has 0 bridgehead atoms. The molecule has 8 heteroatoms. The molecule has 1 aromatic heterocycles. The van der Waals surface area contributed by atoms with Gasteiger partial charge in [0.25, 0.3) is 0 Å². The van der Waals surface area contributed by atoms with E-state index in [1.165, 1.54) is 0 Å². The van der Waals surface area contributed by atoms with Crippen molar-refractivity contribution in [3.63, 3.8) is 0 Å². The number of hydrogen-bond acceptors (Lipinski definition) is 5. The number of sulfonamides is 1. The van der Waals surface area contributed by atoms with Crippen molar-refractivity contribution >= 4 is 15.7 Å². The molecule has 1 aromatic carbocycles. The van der Waals surface area contributed by atoms with Crippen molar-refractivity contribution in [3.8, 4) is 0 Å². The first-order chi connectivity index (χ1) is 15.8. The summed E-state index contributed by atoms with van der Waals surface area (Å²) in [7, 11) is 2.34. The lowest BCUT2D eigenvalue weighted by Gasteiger charge is -2.25. The summed E-state index contributed by atoms with van der Waals surface area (Å²) in [6.07, 6.45) is 5.92. The van der Waals surface area contributed by atoms with Crippen LogP contribution in [0.3, 0.4) is 0 Å².